The minimum atomic E-state index is -0.386. The Morgan fingerprint density at radius 2 is 2.06 bits per heavy atom. The normalized spacial score (nSPS) is 12.5. The Labute approximate surface area is 102 Å². The Balaban J connectivity index is 2.55. The predicted octanol–water partition coefficient (Wildman–Crippen LogP) is 2.65. The summed E-state index contributed by atoms with van der Waals surface area (Å²) in [6.45, 7) is 5.40. The number of nitrogens with two attached hydrogens (primary N) is 1. The van der Waals surface area contributed by atoms with Crippen LogP contribution in [0.4, 0.5) is 4.39 Å². The minimum Gasteiger partial charge on any atom is -0.491 e. The maximum Gasteiger partial charge on any atom is 0.131 e. The fourth-order valence-corrected chi connectivity index (χ4v) is 1.54. The van der Waals surface area contributed by atoms with E-state index < -0.39 is 0 Å². The summed E-state index contributed by atoms with van der Waals surface area (Å²) in [6, 6.07) is 4.34. The summed E-state index contributed by atoms with van der Waals surface area (Å²) in [5.74, 6) is 0.173. The van der Waals surface area contributed by atoms with Gasteiger partial charge >= 0.3 is 0 Å². The van der Waals surface area contributed by atoms with Crippen molar-refractivity contribution in [1.82, 2.24) is 0 Å². The Morgan fingerprint density at radius 3 is 2.71 bits per heavy atom. The van der Waals surface area contributed by atoms with E-state index in [4.69, 9.17) is 15.2 Å². The van der Waals surface area contributed by atoms with E-state index in [1.54, 1.807) is 19.1 Å². The first kappa shape index (κ1) is 13.9. The molecule has 0 amide bonds. The van der Waals surface area contributed by atoms with Gasteiger partial charge in [-0.1, -0.05) is 13.0 Å². The van der Waals surface area contributed by atoms with Crippen LogP contribution in [0.25, 0.3) is 0 Å². The van der Waals surface area contributed by atoms with E-state index >= 15 is 0 Å². The average Bonchev–Trinajstić information content (AvgIpc) is 2.28. The van der Waals surface area contributed by atoms with Crippen molar-refractivity contribution >= 4 is 0 Å². The number of rotatable bonds is 7. The summed E-state index contributed by atoms with van der Waals surface area (Å²) in [5.41, 5.74) is 6.14. The van der Waals surface area contributed by atoms with E-state index in [1.807, 2.05) is 6.92 Å². The molecule has 1 rings (SSSR count). The van der Waals surface area contributed by atoms with Crippen LogP contribution in [0.1, 0.15) is 31.9 Å². The largest absolute Gasteiger partial charge is 0.491 e. The number of benzene rings is 1. The summed E-state index contributed by atoms with van der Waals surface area (Å²) in [5, 5.41) is 0. The molecule has 0 aliphatic carbocycles. The third-order valence-corrected chi connectivity index (χ3v) is 2.30. The van der Waals surface area contributed by atoms with Crippen molar-refractivity contribution < 1.29 is 13.9 Å². The summed E-state index contributed by atoms with van der Waals surface area (Å²) >= 11 is 0. The monoisotopic (exact) mass is 241 g/mol. The molecule has 0 bridgehead atoms. The lowest BCUT2D eigenvalue weighted by Gasteiger charge is -2.14. The molecule has 0 spiro atoms. The first-order chi connectivity index (χ1) is 8.16. The SMILES string of the molecule is CCCOCCOc1cccc(F)c1[C@@H](C)N. The molecular weight excluding hydrogens is 221 g/mol. The van der Waals surface area contributed by atoms with Gasteiger partial charge in [0.1, 0.15) is 18.2 Å². The maximum absolute atomic E-state index is 13.5. The zero-order chi connectivity index (χ0) is 12.7. The fraction of sp³-hybridized carbons (Fsp3) is 0.538. The Hall–Kier alpha value is -1.13. The molecule has 1 aromatic carbocycles. The van der Waals surface area contributed by atoms with Crippen LogP contribution < -0.4 is 10.5 Å². The second kappa shape index (κ2) is 7.25. The maximum atomic E-state index is 13.5. The molecule has 3 nitrogen and oxygen atoms in total. The molecule has 1 atom stereocenters. The van der Waals surface area contributed by atoms with E-state index in [-0.39, 0.29) is 11.9 Å². The highest BCUT2D eigenvalue weighted by atomic mass is 19.1. The van der Waals surface area contributed by atoms with Crippen molar-refractivity contribution in [3.63, 3.8) is 0 Å². The van der Waals surface area contributed by atoms with Crippen LogP contribution in [0.5, 0.6) is 5.75 Å². The van der Waals surface area contributed by atoms with E-state index in [0.717, 1.165) is 6.42 Å². The fourth-order valence-electron chi connectivity index (χ4n) is 1.54. The van der Waals surface area contributed by atoms with Crippen molar-refractivity contribution in [2.45, 2.75) is 26.3 Å². The lowest BCUT2D eigenvalue weighted by Crippen LogP contribution is -2.13. The molecule has 1 aromatic rings. The number of hydrogen-bond acceptors (Lipinski definition) is 3. The molecule has 0 aliphatic heterocycles. The standard InChI is InChI=1S/C13H20FNO2/c1-3-7-16-8-9-17-12-6-4-5-11(14)13(12)10(2)15/h4-6,10H,3,7-9,15H2,1-2H3/t10-/m1/s1. The average molecular weight is 241 g/mol. The number of ether oxygens (including phenoxy) is 2. The third kappa shape index (κ3) is 4.32. The van der Waals surface area contributed by atoms with Gasteiger partial charge in [-0.15, -0.1) is 0 Å². The quantitative estimate of drug-likeness (QED) is 0.746. The highest BCUT2D eigenvalue weighted by molar-refractivity contribution is 5.36. The van der Waals surface area contributed by atoms with Crippen molar-refractivity contribution in [2.75, 3.05) is 19.8 Å². The molecule has 17 heavy (non-hydrogen) atoms. The van der Waals surface area contributed by atoms with Gasteiger partial charge in [-0.3, -0.25) is 0 Å². The minimum absolute atomic E-state index is 0.327. The van der Waals surface area contributed by atoms with Gasteiger partial charge < -0.3 is 15.2 Å². The second-order valence-electron chi connectivity index (χ2n) is 3.90. The van der Waals surface area contributed by atoms with Crippen LogP contribution in [0.2, 0.25) is 0 Å². The summed E-state index contributed by atoms with van der Waals surface area (Å²) in [7, 11) is 0. The predicted molar refractivity (Wildman–Crippen MR) is 65.6 cm³/mol. The number of halogens is 1. The first-order valence-corrected chi connectivity index (χ1v) is 5.91. The Kier molecular flexibility index (Phi) is 5.94. The van der Waals surface area contributed by atoms with Gasteiger partial charge in [-0.25, -0.2) is 4.39 Å². The molecule has 0 aliphatic rings. The van der Waals surface area contributed by atoms with Gasteiger partial charge in [0.15, 0.2) is 0 Å². The van der Waals surface area contributed by atoms with Crippen molar-refractivity contribution in [1.29, 1.82) is 0 Å². The highest BCUT2D eigenvalue weighted by Crippen LogP contribution is 2.26. The zero-order valence-electron chi connectivity index (χ0n) is 10.4. The van der Waals surface area contributed by atoms with Crippen LogP contribution in [-0.2, 0) is 4.74 Å². The second-order valence-corrected chi connectivity index (χ2v) is 3.90. The summed E-state index contributed by atoms with van der Waals surface area (Å²) < 4.78 is 24.3. The summed E-state index contributed by atoms with van der Waals surface area (Å²) in [6.07, 6.45) is 0.977. The molecule has 0 saturated carbocycles. The van der Waals surface area contributed by atoms with Gasteiger partial charge in [0.2, 0.25) is 0 Å². The van der Waals surface area contributed by atoms with Crippen molar-refractivity contribution in [2.24, 2.45) is 5.73 Å². The van der Waals surface area contributed by atoms with Gasteiger partial charge in [0, 0.05) is 18.2 Å². The third-order valence-electron chi connectivity index (χ3n) is 2.30. The molecule has 0 radical (unpaired) electrons. The lowest BCUT2D eigenvalue weighted by molar-refractivity contribution is 0.1000. The molecule has 96 valence electrons. The van der Waals surface area contributed by atoms with Crippen LogP contribution in [-0.4, -0.2) is 19.8 Å². The lowest BCUT2D eigenvalue weighted by atomic mass is 10.1. The number of hydrogen-bond donors (Lipinski definition) is 1. The van der Waals surface area contributed by atoms with E-state index in [2.05, 4.69) is 0 Å². The molecule has 4 heteroatoms. The summed E-state index contributed by atoms with van der Waals surface area (Å²) in [4.78, 5) is 0. The van der Waals surface area contributed by atoms with Crippen LogP contribution >= 0.6 is 0 Å². The van der Waals surface area contributed by atoms with Crippen molar-refractivity contribution in [3.05, 3.63) is 29.6 Å². The molecular formula is C13H20FNO2. The van der Waals surface area contributed by atoms with E-state index in [9.17, 15) is 4.39 Å². The van der Waals surface area contributed by atoms with Crippen molar-refractivity contribution in [3.8, 4) is 5.75 Å². The van der Waals surface area contributed by atoms with Crippen LogP contribution in [0.3, 0.4) is 0 Å². The van der Waals surface area contributed by atoms with Gasteiger partial charge in [-0.2, -0.15) is 0 Å². The molecule has 0 heterocycles. The molecule has 0 aromatic heterocycles. The van der Waals surface area contributed by atoms with Gasteiger partial charge in [0.25, 0.3) is 0 Å². The molecule has 0 fully saturated rings. The van der Waals surface area contributed by atoms with Crippen LogP contribution in [0, 0.1) is 5.82 Å². The van der Waals surface area contributed by atoms with Gasteiger partial charge in [0.05, 0.1) is 6.61 Å². The highest BCUT2D eigenvalue weighted by Gasteiger charge is 2.13. The smallest absolute Gasteiger partial charge is 0.131 e. The first-order valence-electron chi connectivity index (χ1n) is 5.91. The van der Waals surface area contributed by atoms with Gasteiger partial charge in [-0.05, 0) is 25.5 Å². The molecule has 0 saturated heterocycles. The Morgan fingerprint density at radius 1 is 1.29 bits per heavy atom. The topological polar surface area (TPSA) is 44.5 Å². The zero-order valence-corrected chi connectivity index (χ0v) is 10.4. The Bertz CT molecular complexity index is 342. The molecule has 2 N–H and O–H groups in total. The molecule has 0 unspecified atom stereocenters. The van der Waals surface area contributed by atoms with Crippen LogP contribution in [0.15, 0.2) is 18.2 Å². The van der Waals surface area contributed by atoms with E-state index in [0.29, 0.717) is 31.1 Å². The van der Waals surface area contributed by atoms with E-state index in [1.165, 1.54) is 6.07 Å².